The van der Waals surface area contributed by atoms with Crippen LogP contribution in [0.4, 0.5) is 0 Å². The summed E-state index contributed by atoms with van der Waals surface area (Å²) < 4.78 is 0. The SMILES string of the molecule is CCCCC(=O)N1CCSC(c2cccs2)CC1. The van der Waals surface area contributed by atoms with Gasteiger partial charge in [0.2, 0.25) is 5.91 Å². The van der Waals surface area contributed by atoms with Gasteiger partial charge < -0.3 is 4.90 Å². The van der Waals surface area contributed by atoms with Crippen molar-refractivity contribution in [2.75, 3.05) is 18.8 Å². The number of rotatable bonds is 4. The molecule has 100 valence electrons. The Morgan fingerprint density at radius 1 is 1.50 bits per heavy atom. The molecule has 0 spiro atoms. The van der Waals surface area contributed by atoms with Crippen molar-refractivity contribution >= 4 is 29.0 Å². The van der Waals surface area contributed by atoms with E-state index in [1.54, 1.807) is 0 Å². The van der Waals surface area contributed by atoms with E-state index < -0.39 is 0 Å². The summed E-state index contributed by atoms with van der Waals surface area (Å²) in [5.41, 5.74) is 0. The van der Waals surface area contributed by atoms with E-state index in [2.05, 4.69) is 29.3 Å². The molecule has 1 aliphatic heterocycles. The molecule has 1 unspecified atom stereocenters. The summed E-state index contributed by atoms with van der Waals surface area (Å²) in [5, 5.41) is 2.74. The highest BCUT2D eigenvalue weighted by Crippen LogP contribution is 2.36. The number of hydrogen-bond donors (Lipinski definition) is 0. The molecule has 0 radical (unpaired) electrons. The fraction of sp³-hybridized carbons (Fsp3) is 0.643. The molecule has 0 bridgehead atoms. The molecule has 1 saturated heterocycles. The van der Waals surface area contributed by atoms with Gasteiger partial charge in [0.1, 0.15) is 0 Å². The molecule has 0 N–H and O–H groups in total. The maximum absolute atomic E-state index is 12.0. The van der Waals surface area contributed by atoms with Gasteiger partial charge >= 0.3 is 0 Å². The van der Waals surface area contributed by atoms with Gasteiger partial charge in [0, 0.05) is 35.4 Å². The van der Waals surface area contributed by atoms with Gasteiger partial charge in [0.15, 0.2) is 0 Å². The lowest BCUT2D eigenvalue weighted by atomic mass is 10.2. The minimum absolute atomic E-state index is 0.351. The molecular formula is C14H21NOS2. The molecule has 0 aromatic carbocycles. The molecular weight excluding hydrogens is 262 g/mol. The Kier molecular flexibility index (Phi) is 5.57. The van der Waals surface area contributed by atoms with Crippen LogP contribution < -0.4 is 0 Å². The molecule has 18 heavy (non-hydrogen) atoms. The molecule has 2 heterocycles. The van der Waals surface area contributed by atoms with Gasteiger partial charge in [-0.2, -0.15) is 11.8 Å². The minimum Gasteiger partial charge on any atom is -0.342 e. The third kappa shape index (κ3) is 3.75. The Morgan fingerprint density at radius 3 is 3.11 bits per heavy atom. The molecule has 1 fully saturated rings. The van der Waals surface area contributed by atoms with Crippen LogP contribution in [0, 0.1) is 0 Å². The van der Waals surface area contributed by atoms with Gasteiger partial charge in [-0.3, -0.25) is 4.79 Å². The molecule has 2 nitrogen and oxygen atoms in total. The van der Waals surface area contributed by atoms with Crippen molar-refractivity contribution in [2.24, 2.45) is 0 Å². The summed E-state index contributed by atoms with van der Waals surface area (Å²) in [6, 6.07) is 4.34. The molecule has 1 atom stereocenters. The lowest BCUT2D eigenvalue weighted by Gasteiger charge is -2.20. The normalized spacial score (nSPS) is 20.7. The van der Waals surface area contributed by atoms with Crippen molar-refractivity contribution in [3.8, 4) is 0 Å². The van der Waals surface area contributed by atoms with E-state index >= 15 is 0 Å². The first kappa shape index (κ1) is 13.9. The van der Waals surface area contributed by atoms with Gasteiger partial charge in [0.05, 0.1) is 0 Å². The van der Waals surface area contributed by atoms with Crippen LogP contribution in [-0.2, 0) is 4.79 Å². The first-order valence-electron chi connectivity index (χ1n) is 6.74. The second-order valence-electron chi connectivity index (χ2n) is 4.65. The van der Waals surface area contributed by atoms with Crippen LogP contribution in [-0.4, -0.2) is 29.6 Å². The van der Waals surface area contributed by atoms with Crippen LogP contribution in [0.1, 0.15) is 42.7 Å². The lowest BCUT2D eigenvalue weighted by molar-refractivity contribution is -0.131. The molecule has 1 aromatic heterocycles. The summed E-state index contributed by atoms with van der Waals surface area (Å²) in [5.74, 6) is 1.42. The summed E-state index contributed by atoms with van der Waals surface area (Å²) >= 11 is 3.84. The zero-order valence-corrected chi connectivity index (χ0v) is 12.6. The fourth-order valence-corrected chi connectivity index (χ4v) is 4.44. The lowest BCUT2D eigenvalue weighted by Crippen LogP contribution is -2.32. The van der Waals surface area contributed by atoms with Gasteiger partial charge in [-0.05, 0) is 24.3 Å². The van der Waals surface area contributed by atoms with E-state index in [-0.39, 0.29) is 0 Å². The zero-order chi connectivity index (χ0) is 12.8. The predicted octanol–water partition coefficient (Wildman–Crippen LogP) is 3.94. The first-order valence-corrected chi connectivity index (χ1v) is 8.67. The van der Waals surface area contributed by atoms with Gasteiger partial charge in [-0.1, -0.05) is 19.4 Å². The maximum Gasteiger partial charge on any atom is 0.222 e. The number of carbonyl (C=O) groups excluding carboxylic acids is 1. The second-order valence-corrected chi connectivity index (χ2v) is 6.94. The quantitative estimate of drug-likeness (QED) is 0.834. The van der Waals surface area contributed by atoms with E-state index in [4.69, 9.17) is 0 Å². The van der Waals surface area contributed by atoms with Crippen molar-refractivity contribution in [1.29, 1.82) is 0 Å². The van der Waals surface area contributed by atoms with Crippen LogP contribution in [0.25, 0.3) is 0 Å². The topological polar surface area (TPSA) is 20.3 Å². The number of hydrogen-bond acceptors (Lipinski definition) is 3. The minimum atomic E-state index is 0.351. The van der Waals surface area contributed by atoms with Crippen molar-refractivity contribution < 1.29 is 4.79 Å². The smallest absolute Gasteiger partial charge is 0.222 e. The zero-order valence-electron chi connectivity index (χ0n) is 10.9. The first-order chi connectivity index (χ1) is 8.81. The van der Waals surface area contributed by atoms with Gasteiger partial charge in [0.25, 0.3) is 0 Å². The molecule has 1 amide bonds. The van der Waals surface area contributed by atoms with E-state index in [9.17, 15) is 4.79 Å². The molecule has 1 aromatic rings. The predicted molar refractivity (Wildman–Crippen MR) is 80.2 cm³/mol. The van der Waals surface area contributed by atoms with Gasteiger partial charge in [-0.25, -0.2) is 0 Å². The average molecular weight is 283 g/mol. The highest BCUT2D eigenvalue weighted by atomic mass is 32.2. The van der Waals surface area contributed by atoms with Crippen molar-refractivity contribution in [3.63, 3.8) is 0 Å². The van der Waals surface area contributed by atoms with Crippen molar-refractivity contribution in [2.45, 2.75) is 37.9 Å². The third-order valence-electron chi connectivity index (χ3n) is 3.30. The summed E-state index contributed by atoms with van der Waals surface area (Å²) in [6.07, 6.45) is 3.96. The van der Waals surface area contributed by atoms with E-state index in [0.717, 1.165) is 44.5 Å². The van der Waals surface area contributed by atoms with Gasteiger partial charge in [-0.15, -0.1) is 11.3 Å². The number of thioether (sulfide) groups is 1. The van der Waals surface area contributed by atoms with E-state index in [1.165, 1.54) is 4.88 Å². The van der Waals surface area contributed by atoms with Crippen LogP contribution in [0.5, 0.6) is 0 Å². The molecule has 2 rings (SSSR count). The Labute approximate surface area is 118 Å². The number of nitrogens with zero attached hydrogens (tertiary/aromatic N) is 1. The average Bonchev–Trinajstić information content (AvgIpc) is 2.80. The van der Waals surface area contributed by atoms with E-state index in [1.807, 2.05) is 23.1 Å². The standard InChI is InChI=1S/C14H21NOS2/c1-2-3-6-14(16)15-8-7-13(18-11-9-15)12-5-4-10-17-12/h4-5,10,13H,2-3,6-9,11H2,1H3. The third-order valence-corrected chi connectivity index (χ3v) is 5.74. The summed E-state index contributed by atoms with van der Waals surface area (Å²) in [4.78, 5) is 15.5. The number of thiophene rings is 1. The summed E-state index contributed by atoms with van der Waals surface area (Å²) in [7, 11) is 0. The fourth-order valence-electron chi connectivity index (χ4n) is 2.21. The Morgan fingerprint density at radius 2 is 2.39 bits per heavy atom. The number of carbonyl (C=O) groups is 1. The van der Waals surface area contributed by atoms with Crippen LogP contribution in [0.3, 0.4) is 0 Å². The van der Waals surface area contributed by atoms with Crippen molar-refractivity contribution in [3.05, 3.63) is 22.4 Å². The summed E-state index contributed by atoms with van der Waals surface area (Å²) in [6.45, 7) is 3.99. The Balaban J connectivity index is 1.86. The van der Waals surface area contributed by atoms with Crippen molar-refractivity contribution in [1.82, 2.24) is 4.90 Å². The Bertz CT molecular complexity index is 364. The maximum atomic E-state index is 12.0. The number of unbranched alkanes of at least 4 members (excludes halogenated alkanes) is 1. The number of amides is 1. The highest BCUT2D eigenvalue weighted by Gasteiger charge is 2.21. The van der Waals surface area contributed by atoms with Crippen LogP contribution >= 0.6 is 23.1 Å². The molecule has 4 heteroatoms. The second kappa shape index (κ2) is 7.19. The van der Waals surface area contributed by atoms with Crippen LogP contribution in [0.2, 0.25) is 0 Å². The van der Waals surface area contributed by atoms with Crippen LogP contribution in [0.15, 0.2) is 17.5 Å². The largest absolute Gasteiger partial charge is 0.342 e. The molecule has 1 aliphatic rings. The monoisotopic (exact) mass is 283 g/mol. The highest BCUT2D eigenvalue weighted by molar-refractivity contribution is 7.99. The Hall–Kier alpha value is -0.480. The molecule has 0 saturated carbocycles. The molecule has 0 aliphatic carbocycles. The van der Waals surface area contributed by atoms with E-state index in [0.29, 0.717) is 11.2 Å².